The summed E-state index contributed by atoms with van der Waals surface area (Å²) in [5.74, 6) is 0.213. The van der Waals surface area contributed by atoms with E-state index in [0.717, 1.165) is 38.8 Å². The van der Waals surface area contributed by atoms with E-state index in [1.807, 2.05) is 0 Å². The van der Waals surface area contributed by atoms with E-state index < -0.39 is 0 Å². The normalized spacial score (nSPS) is 23.6. The summed E-state index contributed by atoms with van der Waals surface area (Å²) >= 11 is 0. The highest BCUT2D eigenvalue weighted by atomic mass is 16.2. The molecule has 0 bridgehead atoms. The third kappa shape index (κ3) is 3.85. The topological polar surface area (TPSA) is 41.1 Å². The van der Waals surface area contributed by atoms with E-state index in [9.17, 15) is 4.79 Å². The highest BCUT2D eigenvalue weighted by molar-refractivity contribution is 5.83. The van der Waals surface area contributed by atoms with Gasteiger partial charge in [-0.15, -0.1) is 0 Å². The quantitative estimate of drug-likeness (QED) is 0.872. The summed E-state index contributed by atoms with van der Waals surface area (Å²) in [5.41, 5.74) is 2.20. The molecule has 1 aromatic rings. The summed E-state index contributed by atoms with van der Waals surface area (Å²) in [7, 11) is 0. The van der Waals surface area contributed by atoms with Gasteiger partial charge in [0.2, 0.25) is 5.91 Å². The van der Waals surface area contributed by atoms with Gasteiger partial charge in [0.15, 0.2) is 0 Å². The maximum atomic E-state index is 12.8. The number of rotatable bonds is 5. The molecule has 21 heavy (non-hydrogen) atoms. The molecule has 1 aliphatic heterocycles. The van der Waals surface area contributed by atoms with Crippen molar-refractivity contribution in [1.82, 2.24) is 10.6 Å². The van der Waals surface area contributed by atoms with Gasteiger partial charge < -0.3 is 10.6 Å². The van der Waals surface area contributed by atoms with Gasteiger partial charge in [-0.1, -0.05) is 43.2 Å². The lowest BCUT2D eigenvalue weighted by molar-refractivity contribution is -0.133. The molecule has 1 amide bonds. The summed E-state index contributed by atoms with van der Waals surface area (Å²) < 4.78 is 0. The molecule has 3 heteroatoms. The number of nitrogens with one attached hydrogen (secondary N) is 2. The largest absolute Gasteiger partial charge is 0.349 e. The molecule has 1 fully saturated rings. The smallest absolute Gasteiger partial charge is 0.227 e. The van der Waals surface area contributed by atoms with Crippen LogP contribution in [0.25, 0.3) is 0 Å². The van der Waals surface area contributed by atoms with Gasteiger partial charge in [0, 0.05) is 6.54 Å². The summed E-state index contributed by atoms with van der Waals surface area (Å²) in [4.78, 5) is 12.8. The van der Waals surface area contributed by atoms with Crippen LogP contribution in [0.3, 0.4) is 0 Å². The van der Waals surface area contributed by atoms with Crippen molar-refractivity contribution in [2.75, 3.05) is 13.1 Å². The minimum atomic E-state index is -0.216. The Labute approximate surface area is 128 Å². The van der Waals surface area contributed by atoms with Crippen LogP contribution < -0.4 is 10.6 Å². The van der Waals surface area contributed by atoms with Crippen LogP contribution in [0.4, 0.5) is 0 Å². The first-order chi connectivity index (χ1) is 10.1. The van der Waals surface area contributed by atoms with Crippen molar-refractivity contribution in [3.63, 3.8) is 0 Å². The van der Waals surface area contributed by atoms with Crippen LogP contribution in [-0.2, 0) is 4.79 Å². The summed E-state index contributed by atoms with van der Waals surface area (Å²) in [5, 5.41) is 6.63. The first-order valence-corrected chi connectivity index (χ1v) is 8.16. The second kappa shape index (κ2) is 7.08. The zero-order valence-electron chi connectivity index (χ0n) is 13.5. The number of benzene rings is 1. The minimum absolute atomic E-state index is 0.0637. The van der Waals surface area contributed by atoms with E-state index in [-0.39, 0.29) is 17.4 Å². The Morgan fingerprint density at radius 2 is 2.10 bits per heavy atom. The maximum Gasteiger partial charge on any atom is 0.227 e. The molecule has 1 saturated heterocycles. The molecule has 116 valence electrons. The van der Waals surface area contributed by atoms with Crippen LogP contribution in [0.5, 0.6) is 0 Å². The van der Waals surface area contributed by atoms with Crippen molar-refractivity contribution >= 4 is 5.91 Å². The molecule has 0 saturated carbocycles. The van der Waals surface area contributed by atoms with Crippen LogP contribution in [0, 0.1) is 12.3 Å². The van der Waals surface area contributed by atoms with Gasteiger partial charge in [-0.3, -0.25) is 4.79 Å². The van der Waals surface area contributed by atoms with E-state index in [2.05, 4.69) is 55.7 Å². The molecule has 2 rings (SSSR count). The number of carbonyl (C=O) groups excluding carboxylic acids is 1. The van der Waals surface area contributed by atoms with E-state index in [0.29, 0.717) is 0 Å². The lowest BCUT2D eigenvalue weighted by atomic mass is 9.76. The Morgan fingerprint density at radius 1 is 1.38 bits per heavy atom. The number of piperidine rings is 1. The molecule has 2 atom stereocenters. The number of aryl methyl sites for hydroxylation is 1. The zero-order valence-corrected chi connectivity index (χ0v) is 13.5. The number of amides is 1. The lowest BCUT2D eigenvalue weighted by Crippen LogP contribution is -2.50. The predicted octanol–water partition coefficient (Wildman–Crippen LogP) is 3.34. The first-order valence-electron chi connectivity index (χ1n) is 8.16. The highest BCUT2D eigenvalue weighted by Gasteiger charge is 2.39. The van der Waals surface area contributed by atoms with Crippen molar-refractivity contribution in [2.45, 2.75) is 52.5 Å². The second-order valence-corrected chi connectivity index (χ2v) is 6.42. The van der Waals surface area contributed by atoms with Crippen LogP contribution in [-0.4, -0.2) is 19.0 Å². The maximum absolute atomic E-state index is 12.8. The molecule has 3 nitrogen and oxygen atoms in total. The van der Waals surface area contributed by atoms with Gasteiger partial charge in [-0.25, -0.2) is 0 Å². The van der Waals surface area contributed by atoms with E-state index in [4.69, 9.17) is 0 Å². The van der Waals surface area contributed by atoms with Gasteiger partial charge in [0.1, 0.15) is 0 Å². The Hall–Kier alpha value is -1.35. The van der Waals surface area contributed by atoms with Gasteiger partial charge in [-0.05, 0) is 45.2 Å². The van der Waals surface area contributed by atoms with Gasteiger partial charge in [-0.2, -0.15) is 0 Å². The monoisotopic (exact) mass is 288 g/mol. The average Bonchev–Trinajstić information content (AvgIpc) is 2.49. The fourth-order valence-electron chi connectivity index (χ4n) is 3.26. The third-order valence-corrected chi connectivity index (χ3v) is 4.61. The summed E-state index contributed by atoms with van der Waals surface area (Å²) in [6.45, 7) is 8.15. The zero-order chi connectivity index (χ0) is 15.3. The number of hydrogen-bond acceptors (Lipinski definition) is 2. The molecule has 1 aromatic carbocycles. The Bertz CT molecular complexity index is 455. The lowest BCUT2D eigenvalue weighted by Gasteiger charge is -2.37. The van der Waals surface area contributed by atoms with Gasteiger partial charge in [0.25, 0.3) is 0 Å². The second-order valence-electron chi connectivity index (χ2n) is 6.42. The fraction of sp³-hybridized carbons (Fsp3) is 0.611. The Kier molecular flexibility index (Phi) is 5.40. The van der Waals surface area contributed by atoms with Crippen molar-refractivity contribution < 1.29 is 4.79 Å². The van der Waals surface area contributed by atoms with Crippen molar-refractivity contribution in [2.24, 2.45) is 5.41 Å². The van der Waals surface area contributed by atoms with Crippen molar-refractivity contribution in [1.29, 1.82) is 0 Å². The minimum Gasteiger partial charge on any atom is -0.349 e. The van der Waals surface area contributed by atoms with E-state index in [1.54, 1.807) is 0 Å². The Balaban J connectivity index is 2.05. The molecule has 1 unspecified atom stereocenters. The van der Waals surface area contributed by atoms with Gasteiger partial charge >= 0.3 is 0 Å². The molecule has 0 spiro atoms. The SMILES string of the molecule is CCCC1(C(=O)N[C@H](C)c2ccc(C)cc2)CCCNC1. The van der Waals surface area contributed by atoms with E-state index in [1.165, 1.54) is 11.1 Å². The molecular formula is C18H28N2O. The molecule has 1 heterocycles. The molecule has 1 aliphatic rings. The third-order valence-electron chi connectivity index (χ3n) is 4.61. The molecule has 0 aromatic heterocycles. The standard InChI is InChI=1S/C18H28N2O/c1-4-10-18(11-5-12-19-13-18)17(21)20-15(3)16-8-6-14(2)7-9-16/h6-9,15,19H,4-5,10-13H2,1-3H3,(H,20,21)/t15-,18?/m1/s1. The molecule has 0 aliphatic carbocycles. The highest BCUT2D eigenvalue weighted by Crippen LogP contribution is 2.32. The predicted molar refractivity (Wildman–Crippen MR) is 87.2 cm³/mol. The first kappa shape index (κ1) is 16.0. The number of carbonyl (C=O) groups is 1. The van der Waals surface area contributed by atoms with E-state index >= 15 is 0 Å². The Morgan fingerprint density at radius 3 is 2.67 bits per heavy atom. The molecular weight excluding hydrogens is 260 g/mol. The molecule has 2 N–H and O–H groups in total. The van der Waals surface area contributed by atoms with Crippen LogP contribution in [0.1, 0.15) is 56.7 Å². The van der Waals surface area contributed by atoms with Crippen LogP contribution in [0.15, 0.2) is 24.3 Å². The summed E-state index contributed by atoms with van der Waals surface area (Å²) in [6.07, 6.45) is 4.10. The van der Waals surface area contributed by atoms with Crippen molar-refractivity contribution in [3.05, 3.63) is 35.4 Å². The van der Waals surface area contributed by atoms with Crippen molar-refractivity contribution in [3.8, 4) is 0 Å². The number of hydrogen-bond donors (Lipinski definition) is 2. The van der Waals surface area contributed by atoms with Crippen LogP contribution in [0.2, 0.25) is 0 Å². The van der Waals surface area contributed by atoms with Gasteiger partial charge in [0.05, 0.1) is 11.5 Å². The molecule has 0 radical (unpaired) electrons. The summed E-state index contributed by atoms with van der Waals surface area (Å²) in [6, 6.07) is 8.47. The fourth-order valence-corrected chi connectivity index (χ4v) is 3.26. The average molecular weight is 288 g/mol. The van der Waals surface area contributed by atoms with Crippen LogP contribution >= 0.6 is 0 Å².